The molecule has 0 spiro atoms. The second-order valence-corrected chi connectivity index (χ2v) is 3.13. The summed E-state index contributed by atoms with van der Waals surface area (Å²) in [5, 5.41) is 17.1. The molecule has 17 heavy (non-hydrogen) atoms. The third-order valence-electron chi connectivity index (χ3n) is 2.02. The maximum Gasteiger partial charge on any atom is 0.346 e. The second kappa shape index (κ2) is 6.13. The van der Waals surface area contributed by atoms with Gasteiger partial charge in [0.2, 0.25) is 0 Å². The zero-order valence-electron chi connectivity index (χ0n) is 9.25. The first-order valence-corrected chi connectivity index (χ1v) is 4.83. The van der Waals surface area contributed by atoms with Crippen molar-refractivity contribution in [1.29, 1.82) is 5.26 Å². The Balaban J connectivity index is 2.77. The maximum atomic E-state index is 10.5. The minimum Gasteiger partial charge on any atom is -0.497 e. The molecule has 0 fully saturated rings. The van der Waals surface area contributed by atoms with Gasteiger partial charge in [0, 0.05) is 0 Å². The highest BCUT2D eigenvalue weighted by molar-refractivity contribution is 5.91. The van der Waals surface area contributed by atoms with E-state index in [1.807, 2.05) is 12.1 Å². The largest absolute Gasteiger partial charge is 0.497 e. The highest BCUT2D eigenvalue weighted by Crippen LogP contribution is 2.12. The molecule has 0 heterocycles. The van der Waals surface area contributed by atoms with Gasteiger partial charge in [-0.3, -0.25) is 0 Å². The lowest BCUT2D eigenvalue weighted by molar-refractivity contribution is -0.132. The minimum atomic E-state index is -1.23. The SMILES string of the molecule is COc1ccc(C=CC=C(C#N)C(=O)O)cc1. The molecule has 0 atom stereocenters. The quantitative estimate of drug-likeness (QED) is 0.488. The highest BCUT2D eigenvalue weighted by atomic mass is 16.5. The molecule has 1 N–H and O–H groups in total. The number of rotatable bonds is 4. The number of nitrogens with zero attached hydrogens (tertiary/aromatic N) is 1. The van der Waals surface area contributed by atoms with E-state index < -0.39 is 5.97 Å². The van der Waals surface area contributed by atoms with Crippen LogP contribution in [-0.4, -0.2) is 18.2 Å². The fourth-order valence-electron chi connectivity index (χ4n) is 1.13. The minimum absolute atomic E-state index is 0.297. The summed E-state index contributed by atoms with van der Waals surface area (Å²) in [4.78, 5) is 10.5. The summed E-state index contributed by atoms with van der Waals surface area (Å²) in [6.45, 7) is 0. The Morgan fingerprint density at radius 1 is 1.41 bits per heavy atom. The number of carboxylic acids is 1. The average Bonchev–Trinajstić information content (AvgIpc) is 2.35. The van der Waals surface area contributed by atoms with Gasteiger partial charge in [0.05, 0.1) is 7.11 Å². The third-order valence-corrected chi connectivity index (χ3v) is 2.02. The number of allylic oxidation sites excluding steroid dienone is 2. The highest BCUT2D eigenvalue weighted by Gasteiger charge is 2.02. The number of hydrogen-bond acceptors (Lipinski definition) is 3. The lowest BCUT2D eigenvalue weighted by atomic mass is 10.2. The van der Waals surface area contributed by atoms with Crippen LogP contribution >= 0.6 is 0 Å². The Morgan fingerprint density at radius 2 is 2.06 bits per heavy atom. The number of benzene rings is 1. The van der Waals surface area contributed by atoms with Crippen LogP contribution in [0.1, 0.15) is 5.56 Å². The maximum absolute atomic E-state index is 10.5. The normalized spacial score (nSPS) is 11.2. The van der Waals surface area contributed by atoms with Crippen LogP contribution in [0.5, 0.6) is 5.75 Å². The Hall–Kier alpha value is -2.54. The Kier molecular flexibility index (Phi) is 4.52. The fraction of sp³-hybridized carbons (Fsp3) is 0.0769. The predicted molar refractivity (Wildman–Crippen MR) is 63.4 cm³/mol. The van der Waals surface area contributed by atoms with Gasteiger partial charge in [0.15, 0.2) is 0 Å². The molecule has 0 bridgehead atoms. The number of methoxy groups -OCH3 is 1. The van der Waals surface area contributed by atoms with Crippen LogP contribution in [0.15, 0.2) is 42.0 Å². The van der Waals surface area contributed by atoms with Gasteiger partial charge in [-0.25, -0.2) is 4.79 Å². The number of carboxylic acid groups (broad SMARTS) is 1. The van der Waals surface area contributed by atoms with Crippen LogP contribution in [0.2, 0.25) is 0 Å². The average molecular weight is 229 g/mol. The Labute approximate surface area is 99.1 Å². The summed E-state index contributed by atoms with van der Waals surface area (Å²) in [5.74, 6) is -0.479. The zero-order valence-corrected chi connectivity index (χ0v) is 9.25. The molecule has 86 valence electrons. The number of aliphatic carboxylic acids is 1. The fourth-order valence-corrected chi connectivity index (χ4v) is 1.13. The van der Waals surface area contributed by atoms with Gasteiger partial charge < -0.3 is 9.84 Å². The van der Waals surface area contributed by atoms with Gasteiger partial charge >= 0.3 is 5.97 Å². The molecule has 0 saturated heterocycles. The molecular formula is C13H11NO3. The summed E-state index contributed by atoms with van der Waals surface area (Å²) >= 11 is 0. The van der Waals surface area contributed by atoms with Crippen LogP contribution in [0.25, 0.3) is 6.08 Å². The first kappa shape index (κ1) is 12.5. The van der Waals surface area contributed by atoms with E-state index in [0.29, 0.717) is 0 Å². The summed E-state index contributed by atoms with van der Waals surface area (Å²) < 4.78 is 5.00. The topological polar surface area (TPSA) is 70.3 Å². The third kappa shape index (κ3) is 3.84. The molecule has 4 nitrogen and oxygen atoms in total. The van der Waals surface area contributed by atoms with Crippen molar-refractivity contribution in [2.75, 3.05) is 7.11 Å². The predicted octanol–water partition coefficient (Wildman–Crippen LogP) is 2.24. The summed E-state index contributed by atoms with van der Waals surface area (Å²) in [6.07, 6.45) is 4.49. The molecule has 1 rings (SSSR count). The van der Waals surface area contributed by atoms with E-state index in [-0.39, 0.29) is 5.57 Å². The van der Waals surface area contributed by atoms with E-state index in [1.165, 1.54) is 12.2 Å². The van der Waals surface area contributed by atoms with Crippen LogP contribution in [0.3, 0.4) is 0 Å². The van der Waals surface area contributed by atoms with Gasteiger partial charge in [-0.15, -0.1) is 0 Å². The standard InChI is InChI=1S/C13H11NO3/c1-17-12-7-5-10(6-8-12)3-2-4-11(9-14)13(15)16/h2-8H,1H3,(H,15,16). The summed E-state index contributed by atoms with van der Waals surface area (Å²) in [7, 11) is 1.58. The van der Waals surface area contributed by atoms with Crippen molar-refractivity contribution in [3.8, 4) is 11.8 Å². The van der Waals surface area contributed by atoms with Gasteiger partial charge in [0.1, 0.15) is 17.4 Å². The van der Waals surface area contributed by atoms with Crippen LogP contribution < -0.4 is 4.74 Å². The lowest BCUT2D eigenvalue weighted by Gasteiger charge is -1.98. The van der Waals surface area contributed by atoms with Crippen molar-refractivity contribution < 1.29 is 14.6 Å². The van der Waals surface area contributed by atoms with Gasteiger partial charge in [-0.2, -0.15) is 5.26 Å². The molecule has 0 aliphatic heterocycles. The molecule has 0 aromatic heterocycles. The van der Waals surface area contributed by atoms with Crippen molar-refractivity contribution in [2.45, 2.75) is 0 Å². The molecule has 1 aromatic carbocycles. The second-order valence-electron chi connectivity index (χ2n) is 3.13. The first-order valence-electron chi connectivity index (χ1n) is 4.83. The number of ether oxygens (including phenoxy) is 1. The number of hydrogen-bond donors (Lipinski definition) is 1. The number of nitriles is 1. The molecule has 0 saturated carbocycles. The molecule has 0 radical (unpaired) electrons. The molecule has 0 unspecified atom stereocenters. The Bertz CT molecular complexity index is 492. The Morgan fingerprint density at radius 3 is 2.53 bits per heavy atom. The monoisotopic (exact) mass is 229 g/mol. The molecule has 0 aliphatic rings. The number of carbonyl (C=O) groups is 1. The van der Waals surface area contributed by atoms with E-state index in [0.717, 1.165) is 11.3 Å². The van der Waals surface area contributed by atoms with Crippen molar-refractivity contribution in [2.24, 2.45) is 0 Å². The molecular weight excluding hydrogens is 218 g/mol. The van der Waals surface area contributed by atoms with E-state index >= 15 is 0 Å². The van der Waals surface area contributed by atoms with Crippen molar-refractivity contribution >= 4 is 12.0 Å². The first-order chi connectivity index (χ1) is 8.17. The van der Waals surface area contributed by atoms with Crippen molar-refractivity contribution in [3.05, 3.63) is 47.6 Å². The summed E-state index contributed by atoms with van der Waals surface area (Å²) in [6, 6.07) is 8.85. The van der Waals surface area contributed by atoms with Crippen LogP contribution in [0, 0.1) is 11.3 Å². The zero-order chi connectivity index (χ0) is 12.7. The molecule has 0 aliphatic carbocycles. The molecule has 1 aromatic rings. The van der Waals surface area contributed by atoms with Gasteiger partial charge in [-0.05, 0) is 23.8 Å². The smallest absolute Gasteiger partial charge is 0.346 e. The lowest BCUT2D eigenvalue weighted by Crippen LogP contribution is -1.96. The summed E-state index contributed by atoms with van der Waals surface area (Å²) in [5.41, 5.74) is 0.597. The van der Waals surface area contributed by atoms with E-state index in [1.54, 1.807) is 31.4 Å². The van der Waals surface area contributed by atoms with Gasteiger partial charge in [0.25, 0.3) is 0 Å². The van der Waals surface area contributed by atoms with Crippen LogP contribution in [-0.2, 0) is 4.79 Å². The molecule has 4 heteroatoms. The van der Waals surface area contributed by atoms with E-state index in [2.05, 4.69) is 0 Å². The van der Waals surface area contributed by atoms with E-state index in [9.17, 15) is 4.79 Å². The van der Waals surface area contributed by atoms with E-state index in [4.69, 9.17) is 15.1 Å². The molecule has 0 amide bonds. The van der Waals surface area contributed by atoms with Gasteiger partial charge in [-0.1, -0.05) is 24.3 Å². The van der Waals surface area contributed by atoms with Crippen molar-refractivity contribution in [3.63, 3.8) is 0 Å². The van der Waals surface area contributed by atoms with Crippen molar-refractivity contribution in [1.82, 2.24) is 0 Å². The van der Waals surface area contributed by atoms with Crippen LogP contribution in [0.4, 0.5) is 0 Å².